The van der Waals surface area contributed by atoms with Gasteiger partial charge in [0.25, 0.3) is 0 Å². The average molecular weight is 364 g/mol. The van der Waals surface area contributed by atoms with Crippen LogP contribution in [0.5, 0.6) is 0 Å². The first-order valence-electron chi connectivity index (χ1n) is 6.52. The van der Waals surface area contributed by atoms with Gasteiger partial charge in [0.1, 0.15) is 0 Å². The van der Waals surface area contributed by atoms with Gasteiger partial charge in [-0.25, -0.2) is 12.4 Å². The largest absolute Gasteiger partial charge is 0.244 e. The lowest BCUT2D eigenvalue weighted by Gasteiger charge is -2.09. The zero-order chi connectivity index (χ0) is 15.0. The molecular formula is C16H14BrNO2S. The van der Waals surface area contributed by atoms with Crippen LogP contribution in [-0.4, -0.2) is 12.4 Å². The van der Waals surface area contributed by atoms with Gasteiger partial charge in [-0.15, -0.1) is 0 Å². The molecule has 0 amide bonds. The molecule has 3 nitrogen and oxygen atoms in total. The summed E-state index contributed by atoms with van der Waals surface area (Å²) in [5.74, 6) is -0.0159. The SMILES string of the molecule is Cc1ccc(Br)c2c1ccn2S(=O)(=O)Cc1ccccc1. The van der Waals surface area contributed by atoms with Crippen molar-refractivity contribution in [1.29, 1.82) is 0 Å². The van der Waals surface area contributed by atoms with Gasteiger partial charge in [-0.2, -0.15) is 0 Å². The number of hydrogen-bond acceptors (Lipinski definition) is 2. The maximum absolute atomic E-state index is 12.7. The second kappa shape index (κ2) is 5.31. The second-order valence-electron chi connectivity index (χ2n) is 4.98. The standard InChI is InChI=1S/C16H14BrNO2S/c1-12-7-8-15(17)16-14(12)9-10-18(16)21(19,20)11-13-5-3-2-4-6-13/h2-10H,11H2,1H3. The van der Waals surface area contributed by atoms with E-state index in [0.717, 1.165) is 21.0 Å². The van der Waals surface area contributed by atoms with E-state index in [1.54, 1.807) is 6.20 Å². The van der Waals surface area contributed by atoms with Gasteiger partial charge in [-0.1, -0.05) is 36.4 Å². The predicted octanol–water partition coefficient (Wildman–Crippen LogP) is 4.09. The first-order valence-corrected chi connectivity index (χ1v) is 8.92. The van der Waals surface area contributed by atoms with Gasteiger partial charge in [0, 0.05) is 16.1 Å². The van der Waals surface area contributed by atoms with E-state index >= 15 is 0 Å². The van der Waals surface area contributed by atoms with Crippen molar-refractivity contribution in [2.45, 2.75) is 12.7 Å². The highest BCUT2D eigenvalue weighted by atomic mass is 79.9. The fourth-order valence-corrected chi connectivity index (χ4v) is 4.55. The van der Waals surface area contributed by atoms with Crippen LogP contribution in [0.15, 0.2) is 59.2 Å². The molecule has 3 rings (SSSR count). The Kier molecular flexibility index (Phi) is 3.63. The first-order chi connectivity index (χ1) is 9.99. The Morgan fingerprint density at radius 2 is 1.76 bits per heavy atom. The van der Waals surface area contributed by atoms with E-state index in [1.165, 1.54) is 3.97 Å². The normalized spacial score (nSPS) is 11.9. The topological polar surface area (TPSA) is 39.1 Å². The van der Waals surface area contributed by atoms with Gasteiger partial charge in [-0.3, -0.25) is 0 Å². The van der Waals surface area contributed by atoms with Gasteiger partial charge in [0.2, 0.25) is 10.0 Å². The molecule has 5 heteroatoms. The van der Waals surface area contributed by atoms with E-state index in [4.69, 9.17) is 0 Å². The summed E-state index contributed by atoms with van der Waals surface area (Å²) in [4.78, 5) is 0. The second-order valence-corrected chi connectivity index (χ2v) is 7.68. The van der Waals surface area contributed by atoms with Crippen molar-refractivity contribution in [3.05, 3.63) is 70.3 Å². The minimum Gasteiger partial charge on any atom is -0.244 e. The minimum atomic E-state index is -3.45. The maximum atomic E-state index is 12.7. The summed E-state index contributed by atoms with van der Waals surface area (Å²) in [5.41, 5.74) is 2.54. The van der Waals surface area contributed by atoms with E-state index in [2.05, 4.69) is 15.9 Å². The van der Waals surface area contributed by atoms with Gasteiger partial charge >= 0.3 is 0 Å². The zero-order valence-corrected chi connectivity index (χ0v) is 13.9. The van der Waals surface area contributed by atoms with Crippen LogP contribution in [0.2, 0.25) is 0 Å². The Hall–Kier alpha value is -1.59. The van der Waals surface area contributed by atoms with Gasteiger partial charge in [0.15, 0.2) is 0 Å². The van der Waals surface area contributed by atoms with E-state index in [0.29, 0.717) is 5.52 Å². The van der Waals surface area contributed by atoms with Crippen molar-refractivity contribution < 1.29 is 8.42 Å². The highest BCUT2D eigenvalue weighted by molar-refractivity contribution is 9.10. The van der Waals surface area contributed by atoms with Crippen LogP contribution >= 0.6 is 15.9 Å². The number of benzene rings is 2. The third kappa shape index (κ3) is 2.63. The summed E-state index contributed by atoms with van der Waals surface area (Å²) in [5, 5.41) is 0.945. The van der Waals surface area contributed by atoms with Gasteiger partial charge < -0.3 is 0 Å². The lowest BCUT2D eigenvalue weighted by molar-refractivity contribution is 0.588. The van der Waals surface area contributed by atoms with Crippen LogP contribution in [0.3, 0.4) is 0 Å². The van der Waals surface area contributed by atoms with Crippen LogP contribution in [0.1, 0.15) is 11.1 Å². The Balaban J connectivity index is 2.14. The fourth-order valence-electron chi connectivity index (χ4n) is 2.42. The van der Waals surface area contributed by atoms with Crippen molar-refractivity contribution in [2.75, 3.05) is 0 Å². The maximum Gasteiger partial charge on any atom is 0.243 e. The zero-order valence-electron chi connectivity index (χ0n) is 11.5. The van der Waals surface area contributed by atoms with E-state index < -0.39 is 10.0 Å². The van der Waals surface area contributed by atoms with Crippen LogP contribution in [0, 0.1) is 6.92 Å². The van der Waals surface area contributed by atoms with Crippen molar-refractivity contribution in [2.24, 2.45) is 0 Å². The summed E-state index contributed by atoms with van der Waals surface area (Å²) < 4.78 is 27.5. The van der Waals surface area contributed by atoms with E-state index in [9.17, 15) is 8.42 Å². The third-order valence-electron chi connectivity index (χ3n) is 3.47. The molecule has 0 aliphatic heterocycles. The summed E-state index contributed by atoms with van der Waals surface area (Å²) in [6.07, 6.45) is 1.63. The fraction of sp³-hybridized carbons (Fsp3) is 0.125. The van der Waals surface area contributed by atoms with Crippen LogP contribution < -0.4 is 0 Å². The molecule has 0 saturated heterocycles. The molecule has 21 heavy (non-hydrogen) atoms. The summed E-state index contributed by atoms with van der Waals surface area (Å²) >= 11 is 3.45. The average Bonchev–Trinajstić information content (AvgIpc) is 2.91. The number of aryl methyl sites for hydroxylation is 1. The molecule has 0 aliphatic rings. The Labute approximate surface area is 132 Å². The van der Waals surface area contributed by atoms with Crippen LogP contribution in [0.4, 0.5) is 0 Å². The molecule has 0 aliphatic carbocycles. The quantitative estimate of drug-likeness (QED) is 0.702. The molecule has 0 N–H and O–H groups in total. The molecule has 0 spiro atoms. The Morgan fingerprint density at radius 1 is 1.05 bits per heavy atom. The molecule has 3 aromatic rings. The Bertz CT molecular complexity index is 899. The number of rotatable bonds is 3. The lowest BCUT2D eigenvalue weighted by atomic mass is 10.1. The van der Waals surface area contributed by atoms with Crippen molar-refractivity contribution in [1.82, 2.24) is 3.97 Å². The minimum absolute atomic E-state index is 0.0159. The molecule has 0 saturated carbocycles. The lowest BCUT2D eigenvalue weighted by Crippen LogP contribution is -2.14. The monoisotopic (exact) mass is 363 g/mol. The Morgan fingerprint density at radius 3 is 2.48 bits per heavy atom. The molecule has 0 fully saturated rings. The molecule has 1 heterocycles. The number of halogens is 1. The highest BCUT2D eigenvalue weighted by Crippen LogP contribution is 2.29. The molecular weight excluding hydrogens is 350 g/mol. The van der Waals surface area contributed by atoms with Gasteiger partial charge in [0.05, 0.1) is 11.3 Å². The molecule has 2 aromatic carbocycles. The molecule has 0 bridgehead atoms. The predicted molar refractivity (Wildman–Crippen MR) is 88.8 cm³/mol. The summed E-state index contributed by atoms with van der Waals surface area (Å²) in [6, 6.07) is 14.9. The highest BCUT2D eigenvalue weighted by Gasteiger charge is 2.18. The first kappa shape index (κ1) is 14.4. The molecule has 108 valence electrons. The number of fused-ring (bicyclic) bond motifs is 1. The van der Waals surface area contributed by atoms with Crippen molar-refractivity contribution in [3.8, 4) is 0 Å². The van der Waals surface area contributed by atoms with E-state index in [-0.39, 0.29) is 5.75 Å². The number of nitrogens with zero attached hydrogens (tertiary/aromatic N) is 1. The van der Waals surface area contributed by atoms with Crippen molar-refractivity contribution >= 4 is 36.9 Å². The molecule has 0 radical (unpaired) electrons. The van der Waals surface area contributed by atoms with Crippen molar-refractivity contribution in [3.63, 3.8) is 0 Å². The number of aromatic nitrogens is 1. The molecule has 1 aromatic heterocycles. The molecule has 0 atom stereocenters. The summed E-state index contributed by atoms with van der Waals surface area (Å²) in [6.45, 7) is 1.98. The van der Waals surface area contributed by atoms with Crippen LogP contribution in [-0.2, 0) is 15.8 Å². The summed E-state index contributed by atoms with van der Waals surface area (Å²) in [7, 11) is -3.45. The molecule has 0 unspecified atom stereocenters. The van der Waals surface area contributed by atoms with Crippen LogP contribution in [0.25, 0.3) is 10.9 Å². The smallest absolute Gasteiger partial charge is 0.243 e. The van der Waals surface area contributed by atoms with Gasteiger partial charge in [-0.05, 0) is 46.1 Å². The number of hydrogen-bond donors (Lipinski definition) is 0. The third-order valence-corrected chi connectivity index (χ3v) is 5.72. The van der Waals surface area contributed by atoms with E-state index in [1.807, 2.05) is 55.5 Å².